The zero-order valence-electron chi connectivity index (χ0n) is 11.3. The van der Waals surface area contributed by atoms with E-state index >= 15 is 0 Å². The van der Waals surface area contributed by atoms with E-state index in [1.54, 1.807) is 0 Å². The zero-order chi connectivity index (χ0) is 13.7. The molecule has 1 aromatic heterocycles. The number of halogens is 1. The lowest BCUT2D eigenvalue weighted by Crippen LogP contribution is -2.33. The van der Waals surface area contributed by atoms with Crippen molar-refractivity contribution in [1.82, 2.24) is 14.9 Å². The van der Waals surface area contributed by atoms with Crippen molar-refractivity contribution < 1.29 is 5.11 Å². The van der Waals surface area contributed by atoms with E-state index < -0.39 is 0 Å². The number of β-amino-alcohol motifs (C(OH)–C–C–N with tert-alkyl or cyclic N) is 1. The number of nitrogens with zero attached hydrogens (tertiary/aromatic N) is 4. The molecular formula is C13H21ClN4O. The predicted molar refractivity (Wildman–Crippen MR) is 76.8 cm³/mol. The molecule has 1 aliphatic heterocycles. The molecule has 0 unspecified atom stereocenters. The summed E-state index contributed by atoms with van der Waals surface area (Å²) in [5.41, 5.74) is 1.03. The molecule has 2 rings (SSSR count). The van der Waals surface area contributed by atoms with Gasteiger partial charge in [-0.25, -0.2) is 9.97 Å². The third-order valence-electron chi connectivity index (χ3n) is 3.53. The molecule has 0 saturated carbocycles. The minimum absolute atomic E-state index is 0.222. The molecule has 0 amide bonds. The Kier molecular flexibility index (Phi) is 5.36. The van der Waals surface area contributed by atoms with Crippen LogP contribution in [0.1, 0.15) is 18.9 Å². The lowest BCUT2D eigenvalue weighted by Gasteiger charge is -2.24. The van der Waals surface area contributed by atoms with Crippen molar-refractivity contribution in [2.45, 2.75) is 19.8 Å². The molecule has 1 saturated heterocycles. The molecule has 0 aliphatic carbocycles. The van der Waals surface area contributed by atoms with Gasteiger partial charge in [-0.1, -0.05) is 18.5 Å². The maximum atomic E-state index is 9.02. The second-order valence-corrected chi connectivity index (χ2v) is 5.08. The van der Waals surface area contributed by atoms with E-state index in [9.17, 15) is 0 Å². The molecule has 0 bridgehead atoms. The van der Waals surface area contributed by atoms with E-state index in [1.165, 1.54) is 6.33 Å². The van der Waals surface area contributed by atoms with Crippen molar-refractivity contribution in [3.05, 3.63) is 17.0 Å². The third-order valence-corrected chi connectivity index (χ3v) is 3.85. The van der Waals surface area contributed by atoms with E-state index in [0.717, 1.165) is 56.9 Å². The van der Waals surface area contributed by atoms with Gasteiger partial charge in [-0.2, -0.15) is 0 Å². The van der Waals surface area contributed by atoms with Crippen LogP contribution in [0.3, 0.4) is 0 Å². The highest BCUT2D eigenvalue weighted by atomic mass is 35.5. The quantitative estimate of drug-likeness (QED) is 0.842. The third kappa shape index (κ3) is 3.55. The van der Waals surface area contributed by atoms with Gasteiger partial charge in [0.1, 0.15) is 17.3 Å². The number of anilines is 1. The monoisotopic (exact) mass is 284 g/mol. The molecule has 1 fully saturated rings. The van der Waals surface area contributed by atoms with E-state index in [4.69, 9.17) is 16.7 Å². The molecule has 6 heteroatoms. The molecule has 0 aromatic carbocycles. The van der Waals surface area contributed by atoms with Crippen molar-refractivity contribution in [3.63, 3.8) is 0 Å². The molecule has 1 N–H and O–H groups in total. The van der Waals surface area contributed by atoms with Gasteiger partial charge < -0.3 is 10.0 Å². The summed E-state index contributed by atoms with van der Waals surface area (Å²) < 4.78 is 0. The van der Waals surface area contributed by atoms with Gasteiger partial charge in [0.05, 0.1) is 6.61 Å². The first kappa shape index (κ1) is 14.5. The number of aliphatic hydroxyl groups is 1. The molecule has 0 radical (unpaired) electrons. The summed E-state index contributed by atoms with van der Waals surface area (Å²) in [4.78, 5) is 13.0. The van der Waals surface area contributed by atoms with Crippen LogP contribution in [0.5, 0.6) is 0 Å². The highest BCUT2D eigenvalue weighted by Gasteiger charge is 2.19. The number of hydrogen-bond acceptors (Lipinski definition) is 5. The van der Waals surface area contributed by atoms with Crippen molar-refractivity contribution in [1.29, 1.82) is 0 Å². The van der Waals surface area contributed by atoms with Gasteiger partial charge in [-0.3, -0.25) is 4.90 Å². The summed E-state index contributed by atoms with van der Waals surface area (Å²) in [5.74, 6) is 0.966. The van der Waals surface area contributed by atoms with Crippen LogP contribution >= 0.6 is 11.6 Å². The second kappa shape index (κ2) is 7.03. The van der Waals surface area contributed by atoms with Gasteiger partial charge in [0.15, 0.2) is 0 Å². The van der Waals surface area contributed by atoms with Crippen LogP contribution in [-0.2, 0) is 6.42 Å². The molecule has 2 heterocycles. The fraction of sp³-hybridized carbons (Fsp3) is 0.692. The minimum atomic E-state index is 0.222. The topological polar surface area (TPSA) is 52.5 Å². The summed E-state index contributed by atoms with van der Waals surface area (Å²) in [5, 5.41) is 9.58. The summed E-state index contributed by atoms with van der Waals surface area (Å²) >= 11 is 6.15. The normalized spacial score (nSPS) is 17.5. The first-order chi connectivity index (χ1) is 9.26. The first-order valence-corrected chi connectivity index (χ1v) is 7.21. The van der Waals surface area contributed by atoms with Crippen LogP contribution in [0.4, 0.5) is 5.82 Å². The lowest BCUT2D eigenvalue weighted by molar-refractivity contribution is 0.204. The zero-order valence-corrected chi connectivity index (χ0v) is 12.1. The first-order valence-electron chi connectivity index (χ1n) is 6.83. The Balaban J connectivity index is 2.12. The smallest absolute Gasteiger partial charge is 0.137 e. The predicted octanol–water partition coefficient (Wildman–Crippen LogP) is 1.20. The number of rotatable bonds is 4. The molecule has 1 aliphatic rings. The standard InChI is InChI=1S/C13H21ClN4O/c1-2-11-12(14)15-10-16-13(11)18-5-3-4-17(6-7-18)8-9-19/h10,19H,2-9H2,1H3. The Hall–Kier alpha value is -0.910. The Morgan fingerprint density at radius 3 is 2.84 bits per heavy atom. The van der Waals surface area contributed by atoms with Crippen LogP contribution in [0.15, 0.2) is 6.33 Å². The van der Waals surface area contributed by atoms with Crippen LogP contribution < -0.4 is 4.90 Å². The maximum Gasteiger partial charge on any atom is 0.137 e. The van der Waals surface area contributed by atoms with Gasteiger partial charge in [0.2, 0.25) is 0 Å². The second-order valence-electron chi connectivity index (χ2n) is 4.73. The Labute approximate surface area is 119 Å². The summed E-state index contributed by atoms with van der Waals surface area (Å²) in [6.45, 7) is 6.91. The van der Waals surface area contributed by atoms with E-state index in [0.29, 0.717) is 5.15 Å². The van der Waals surface area contributed by atoms with E-state index in [1.807, 2.05) is 0 Å². The summed E-state index contributed by atoms with van der Waals surface area (Å²) in [6, 6.07) is 0. The highest BCUT2D eigenvalue weighted by Crippen LogP contribution is 2.24. The Morgan fingerprint density at radius 2 is 2.11 bits per heavy atom. The number of aliphatic hydroxyl groups excluding tert-OH is 1. The summed E-state index contributed by atoms with van der Waals surface area (Å²) in [7, 11) is 0. The Morgan fingerprint density at radius 1 is 1.26 bits per heavy atom. The molecule has 1 aromatic rings. The van der Waals surface area contributed by atoms with Gasteiger partial charge in [-0.15, -0.1) is 0 Å². The van der Waals surface area contributed by atoms with Crippen LogP contribution in [0.25, 0.3) is 0 Å². The van der Waals surface area contributed by atoms with Crippen molar-refractivity contribution in [2.75, 3.05) is 44.2 Å². The Bertz CT molecular complexity index is 416. The molecule has 0 atom stereocenters. The average molecular weight is 285 g/mol. The highest BCUT2D eigenvalue weighted by molar-refractivity contribution is 6.30. The maximum absolute atomic E-state index is 9.02. The largest absolute Gasteiger partial charge is 0.395 e. The molecular weight excluding hydrogens is 264 g/mol. The van der Waals surface area contributed by atoms with Crippen LogP contribution in [0, 0.1) is 0 Å². The number of hydrogen-bond donors (Lipinski definition) is 1. The fourth-order valence-electron chi connectivity index (χ4n) is 2.51. The van der Waals surface area contributed by atoms with Crippen LogP contribution in [-0.4, -0.2) is 59.3 Å². The minimum Gasteiger partial charge on any atom is -0.395 e. The SMILES string of the molecule is CCc1c(Cl)ncnc1N1CCCN(CCO)CC1. The molecule has 5 nitrogen and oxygen atoms in total. The van der Waals surface area contributed by atoms with E-state index in [2.05, 4.69) is 26.7 Å². The van der Waals surface area contributed by atoms with Crippen molar-refractivity contribution in [2.24, 2.45) is 0 Å². The van der Waals surface area contributed by atoms with Crippen molar-refractivity contribution >= 4 is 17.4 Å². The number of aromatic nitrogens is 2. The molecule has 19 heavy (non-hydrogen) atoms. The van der Waals surface area contributed by atoms with Gasteiger partial charge in [0, 0.05) is 31.7 Å². The van der Waals surface area contributed by atoms with Crippen molar-refractivity contribution in [3.8, 4) is 0 Å². The van der Waals surface area contributed by atoms with Crippen LogP contribution in [0.2, 0.25) is 5.15 Å². The van der Waals surface area contributed by atoms with E-state index in [-0.39, 0.29) is 6.61 Å². The van der Waals surface area contributed by atoms with Gasteiger partial charge >= 0.3 is 0 Å². The lowest BCUT2D eigenvalue weighted by atomic mass is 10.2. The molecule has 0 spiro atoms. The van der Waals surface area contributed by atoms with Gasteiger partial charge in [0.25, 0.3) is 0 Å². The van der Waals surface area contributed by atoms with Gasteiger partial charge in [-0.05, 0) is 19.4 Å². The average Bonchev–Trinajstić information content (AvgIpc) is 2.64. The summed E-state index contributed by atoms with van der Waals surface area (Å²) in [6.07, 6.45) is 3.45. The molecule has 106 valence electrons. The fourth-order valence-corrected chi connectivity index (χ4v) is 2.77.